The molecule has 0 bridgehead atoms. The maximum Gasteiger partial charge on any atom is 0.260 e. The van der Waals surface area contributed by atoms with E-state index in [9.17, 15) is 4.79 Å². The standard InChI is InChI=1S/C18H26N2O3/c1-3-6-14-8-9-16(17(11-14)22-2)23-13-18(21)20-10-5-4-7-15(20)12-19/h3,8-9,11,15H,1,4-7,10,12-13,19H2,2H3. The first kappa shape index (κ1) is 17.3. The Balaban J connectivity index is 1.99. The lowest BCUT2D eigenvalue weighted by Gasteiger charge is -2.35. The minimum absolute atomic E-state index is 0.00760. The van der Waals surface area contributed by atoms with Gasteiger partial charge in [0.1, 0.15) is 0 Å². The van der Waals surface area contributed by atoms with Crippen LogP contribution in [0.2, 0.25) is 0 Å². The van der Waals surface area contributed by atoms with Crippen LogP contribution in [0.1, 0.15) is 24.8 Å². The molecule has 5 nitrogen and oxygen atoms in total. The van der Waals surface area contributed by atoms with Crippen LogP contribution in [-0.4, -0.2) is 43.7 Å². The highest BCUT2D eigenvalue weighted by molar-refractivity contribution is 5.78. The van der Waals surface area contributed by atoms with Gasteiger partial charge in [-0.15, -0.1) is 6.58 Å². The Morgan fingerprint density at radius 3 is 2.96 bits per heavy atom. The van der Waals surface area contributed by atoms with Crippen molar-refractivity contribution < 1.29 is 14.3 Å². The molecule has 5 heteroatoms. The quantitative estimate of drug-likeness (QED) is 0.782. The number of carbonyl (C=O) groups excluding carboxylic acids is 1. The summed E-state index contributed by atoms with van der Waals surface area (Å²) in [7, 11) is 1.59. The van der Waals surface area contributed by atoms with Gasteiger partial charge in [-0.25, -0.2) is 0 Å². The van der Waals surface area contributed by atoms with Gasteiger partial charge in [-0.2, -0.15) is 0 Å². The van der Waals surface area contributed by atoms with Crippen molar-refractivity contribution in [1.82, 2.24) is 4.90 Å². The lowest BCUT2D eigenvalue weighted by Crippen LogP contribution is -2.49. The first-order valence-corrected chi connectivity index (χ1v) is 8.09. The molecule has 0 radical (unpaired) electrons. The molecular weight excluding hydrogens is 292 g/mol. The van der Waals surface area contributed by atoms with E-state index in [4.69, 9.17) is 15.2 Å². The second-order valence-electron chi connectivity index (χ2n) is 5.74. The van der Waals surface area contributed by atoms with E-state index in [1.165, 1.54) is 0 Å². The van der Waals surface area contributed by atoms with Crippen LogP contribution < -0.4 is 15.2 Å². The molecule has 2 rings (SSSR count). The maximum atomic E-state index is 12.4. The van der Waals surface area contributed by atoms with E-state index < -0.39 is 0 Å². The number of nitrogens with two attached hydrogens (primary N) is 1. The molecule has 0 saturated carbocycles. The average molecular weight is 318 g/mol. The molecule has 1 aromatic rings. The molecule has 0 spiro atoms. The summed E-state index contributed by atoms with van der Waals surface area (Å²) in [6.07, 6.45) is 5.73. The summed E-state index contributed by atoms with van der Waals surface area (Å²) in [5, 5.41) is 0. The van der Waals surface area contributed by atoms with E-state index >= 15 is 0 Å². The van der Waals surface area contributed by atoms with Crippen molar-refractivity contribution in [3.05, 3.63) is 36.4 Å². The normalized spacial score (nSPS) is 17.7. The number of allylic oxidation sites excluding steroid dienone is 1. The number of carbonyl (C=O) groups is 1. The minimum atomic E-state index is -0.0163. The number of ether oxygens (including phenoxy) is 2. The van der Waals surface area contributed by atoms with E-state index in [2.05, 4.69) is 6.58 Å². The molecule has 1 aromatic carbocycles. The van der Waals surface area contributed by atoms with Crippen molar-refractivity contribution in [3.63, 3.8) is 0 Å². The third-order valence-corrected chi connectivity index (χ3v) is 4.18. The summed E-state index contributed by atoms with van der Waals surface area (Å²) in [5.41, 5.74) is 6.86. The molecule has 1 aliphatic rings. The van der Waals surface area contributed by atoms with E-state index in [0.29, 0.717) is 18.0 Å². The number of likely N-dealkylation sites (tertiary alicyclic amines) is 1. The molecule has 1 amide bonds. The number of benzene rings is 1. The summed E-state index contributed by atoms with van der Waals surface area (Å²) in [4.78, 5) is 14.3. The molecule has 1 fully saturated rings. The molecule has 2 N–H and O–H groups in total. The summed E-state index contributed by atoms with van der Waals surface area (Å²) in [6, 6.07) is 5.83. The fourth-order valence-corrected chi connectivity index (χ4v) is 2.92. The Labute approximate surface area is 138 Å². The van der Waals surface area contributed by atoms with Crippen LogP contribution in [-0.2, 0) is 11.2 Å². The molecule has 126 valence electrons. The van der Waals surface area contributed by atoms with Gasteiger partial charge in [0.2, 0.25) is 0 Å². The number of piperidine rings is 1. The van der Waals surface area contributed by atoms with Gasteiger partial charge >= 0.3 is 0 Å². The number of nitrogens with zero attached hydrogens (tertiary/aromatic N) is 1. The molecule has 1 atom stereocenters. The Hall–Kier alpha value is -2.01. The lowest BCUT2D eigenvalue weighted by molar-refractivity contribution is -0.136. The van der Waals surface area contributed by atoms with Crippen LogP contribution in [0, 0.1) is 0 Å². The van der Waals surface area contributed by atoms with E-state index in [0.717, 1.165) is 37.8 Å². The molecule has 23 heavy (non-hydrogen) atoms. The fraction of sp³-hybridized carbons (Fsp3) is 0.500. The summed E-state index contributed by atoms with van der Waals surface area (Å²) in [6.45, 7) is 5.00. The smallest absolute Gasteiger partial charge is 0.260 e. The van der Waals surface area contributed by atoms with Crippen LogP contribution in [0.15, 0.2) is 30.9 Å². The van der Waals surface area contributed by atoms with E-state index in [-0.39, 0.29) is 18.6 Å². The zero-order valence-corrected chi connectivity index (χ0v) is 13.8. The predicted molar refractivity (Wildman–Crippen MR) is 90.8 cm³/mol. The van der Waals surface area contributed by atoms with Crippen LogP contribution in [0.5, 0.6) is 11.5 Å². The van der Waals surface area contributed by atoms with Gasteiger partial charge in [-0.05, 0) is 43.4 Å². The van der Waals surface area contributed by atoms with Gasteiger partial charge in [0.15, 0.2) is 18.1 Å². The van der Waals surface area contributed by atoms with Crippen LogP contribution in [0.3, 0.4) is 0 Å². The zero-order valence-electron chi connectivity index (χ0n) is 13.8. The SMILES string of the molecule is C=CCc1ccc(OCC(=O)N2CCCCC2CN)c(OC)c1. The number of hydrogen-bond acceptors (Lipinski definition) is 4. The molecule has 1 heterocycles. The van der Waals surface area contributed by atoms with Crippen molar-refractivity contribution in [3.8, 4) is 11.5 Å². The van der Waals surface area contributed by atoms with Crippen LogP contribution in [0.4, 0.5) is 0 Å². The van der Waals surface area contributed by atoms with E-state index in [1.54, 1.807) is 7.11 Å². The molecule has 1 unspecified atom stereocenters. The Morgan fingerprint density at radius 1 is 1.43 bits per heavy atom. The maximum absolute atomic E-state index is 12.4. The molecule has 0 aromatic heterocycles. The monoisotopic (exact) mass is 318 g/mol. The first-order chi connectivity index (χ1) is 11.2. The molecule has 1 aliphatic heterocycles. The summed E-state index contributed by atoms with van der Waals surface area (Å²) < 4.78 is 11.0. The Bertz CT molecular complexity index is 545. The highest BCUT2D eigenvalue weighted by Crippen LogP contribution is 2.28. The third kappa shape index (κ3) is 4.48. The summed E-state index contributed by atoms with van der Waals surface area (Å²) in [5.74, 6) is 1.19. The van der Waals surface area contributed by atoms with Crippen molar-refractivity contribution >= 4 is 5.91 Å². The highest BCUT2D eigenvalue weighted by Gasteiger charge is 2.25. The van der Waals surface area contributed by atoms with Crippen LogP contribution >= 0.6 is 0 Å². The highest BCUT2D eigenvalue weighted by atomic mass is 16.5. The van der Waals surface area contributed by atoms with Gasteiger partial charge < -0.3 is 20.1 Å². The van der Waals surface area contributed by atoms with Gasteiger partial charge in [-0.1, -0.05) is 12.1 Å². The predicted octanol–water partition coefficient (Wildman–Crippen LogP) is 2.14. The van der Waals surface area contributed by atoms with Gasteiger partial charge in [0.25, 0.3) is 5.91 Å². The minimum Gasteiger partial charge on any atom is -0.493 e. The number of amides is 1. The molecule has 0 aliphatic carbocycles. The number of rotatable bonds is 7. The van der Waals surface area contributed by atoms with Gasteiger partial charge in [0.05, 0.1) is 7.11 Å². The van der Waals surface area contributed by atoms with Crippen molar-refractivity contribution in [2.45, 2.75) is 31.7 Å². The largest absolute Gasteiger partial charge is 0.493 e. The van der Waals surface area contributed by atoms with Crippen molar-refractivity contribution in [2.24, 2.45) is 5.73 Å². The topological polar surface area (TPSA) is 64.8 Å². The second-order valence-corrected chi connectivity index (χ2v) is 5.74. The Kier molecular flexibility index (Phi) is 6.47. The second kappa shape index (κ2) is 8.58. The number of hydrogen-bond donors (Lipinski definition) is 1. The third-order valence-electron chi connectivity index (χ3n) is 4.18. The molecule has 1 saturated heterocycles. The van der Waals surface area contributed by atoms with E-state index in [1.807, 2.05) is 29.2 Å². The van der Waals surface area contributed by atoms with Crippen molar-refractivity contribution in [2.75, 3.05) is 26.8 Å². The first-order valence-electron chi connectivity index (χ1n) is 8.09. The van der Waals surface area contributed by atoms with Gasteiger partial charge in [-0.3, -0.25) is 4.79 Å². The van der Waals surface area contributed by atoms with Crippen LogP contribution in [0.25, 0.3) is 0 Å². The van der Waals surface area contributed by atoms with Gasteiger partial charge in [0, 0.05) is 19.1 Å². The average Bonchev–Trinajstić information content (AvgIpc) is 2.60. The fourth-order valence-electron chi connectivity index (χ4n) is 2.92. The lowest BCUT2D eigenvalue weighted by atomic mass is 10.0. The number of methoxy groups -OCH3 is 1. The Morgan fingerprint density at radius 2 is 2.26 bits per heavy atom. The summed E-state index contributed by atoms with van der Waals surface area (Å²) >= 11 is 0. The molecular formula is C18H26N2O3. The zero-order chi connectivity index (χ0) is 16.7. The van der Waals surface area contributed by atoms with Crippen molar-refractivity contribution in [1.29, 1.82) is 0 Å².